The first-order valence-electron chi connectivity index (χ1n) is 6.86. The number of benzene rings is 1. The zero-order chi connectivity index (χ0) is 15.6. The first kappa shape index (κ1) is 16.6. The van der Waals surface area contributed by atoms with E-state index in [0.717, 1.165) is 12.8 Å². The lowest BCUT2D eigenvalue weighted by Crippen LogP contribution is -2.34. The van der Waals surface area contributed by atoms with E-state index in [1.54, 1.807) is 0 Å². The molecule has 116 valence electrons. The molecule has 2 rings (SSSR count). The normalized spacial score (nSPS) is 16.5. The van der Waals surface area contributed by atoms with E-state index in [1.807, 2.05) is 6.92 Å². The average molecular weight is 350 g/mol. The van der Waals surface area contributed by atoms with E-state index in [-0.39, 0.29) is 27.4 Å². The average Bonchev–Trinajstić information content (AvgIpc) is 3.20. The van der Waals surface area contributed by atoms with Gasteiger partial charge in [-0.2, -0.15) is 0 Å². The molecule has 4 nitrogen and oxygen atoms in total. The van der Waals surface area contributed by atoms with Gasteiger partial charge in [0.25, 0.3) is 15.0 Å². The molecule has 1 saturated carbocycles. The molecule has 0 aromatic heterocycles. The van der Waals surface area contributed by atoms with Gasteiger partial charge < -0.3 is 5.32 Å². The van der Waals surface area contributed by atoms with Crippen LogP contribution in [0, 0.1) is 5.92 Å². The third-order valence-electron chi connectivity index (χ3n) is 3.60. The summed E-state index contributed by atoms with van der Waals surface area (Å²) in [5.41, 5.74) is 0.243. The van der Waals surface area contributed by atoms with Gasteiger partial charge in [-0.15, -0.1) is 0 Å². The molecule has 1 fully saturated rings. The monoisotopic (exact) mass is 349 g/mol. The number of amides is 1. The van der Waals surface area contributed by atoms with Crippen LogP contribution in [0.5, 0.6) is 0 Å². The number of carbonyl (C=O) groups is 1. The number of carbonyl (C=O) groups excluding carboxylic acids is 1. The fraction of sp³-hybridized carbons (Fsp3) is 0.500. The molecule has 1 aromatic carbocycles. The number of rotatable bonds is 6. The number of nitrogens with one attached hydrogen (secondary N) is 1. The third-order valence-corrected chi connectivity index (χ3v) is 5.40. The van der Waals surface area contributed by atoms with Crippen LogP contribution in [0.3, 0.4) is 0 Å². The lowest BCUT2D eigenvalue weighted by Gasteiger charge is -2.17. The first-order chi connectivity index (χ1) is 9.81. The standard InChI is InChI=1S/C14H17Cl2NO3S/c1-2-11(7-9-3-4-9)17-14(18)10-5-6-12(15)13(8-10)21(16,19)20/h5-6,8-9,11H,2-4,7H2,1H3,(H,17,18). The second-order valence-corrected chi connectivity index (χ2v) is 8.28. The summed E-state index contributed by atoms with van der Waals surface area (Å²) in [6, 6.07) is 4.18. The highest BCUT2D eigenvalue weighted by Gasteiger charge is 2.26. The van der Waals surface area contributed by atoms with Crippen molar-refractivity contribution >= 4 is 37.2 Å². The van der Waals surface area contributed by atoms with Gasteiger partial charge in [-0.25, -0.2) is 8.42 Å². The Morgan fingerprint density at radius 1 is 1.43 bits per heavy atom. The Balaban J connectivity index is 2.15. The number of halogens is 2. The van der Waals surface area contributed by atoms with Crippen LogP contribution >= 0.6 is 22.3 Å². The summed E-state index contributed by atoms with van der Waals surface area (Å²) < 4.78 is 22.8. The third kappa shape index (κ3) is 4.59. The summed E-state index contributed by atoms with van der Waals surface area (Å²) in [6.07, 6.45) is 4.26. The Hall–Kier alpha value is -0.780. The van der Waals surface area contributed by atoms with E-state index >= 15 is 0 Å². The molecule has 0 bridgehead atoms. The van der Waals surface area contributed by atoms with Crippen LogP contribution in [-0.2, 0) is 9.05 Å². The van der Waals surface area contributed by atoms with Gasteiger partial charge in [0.1, 0.15) is 4.90 Å². The van der Waals surface area contributed by atoms with Crippen molar-refractivity contribution in [2.75, 3.05) is 0 Å². The number of hydrogen-bond acceptors (Lipinski definition) is 3. The van der Waals surface area contributed by atoms with Crippen LogP contribution in [0.1, 0.15) is 43.0 Å². The molecule has 0 spiro atoms. The molecular weight excluding hydrogens is 333 g/mol. The maximum absolute atomic E-state index is 12.2. The Kier molecular flexibility index (Phi) is 5.17. The molecule has 1 aliphatic rings. The molecule has 1 aromatic rings. The minimum atomic E-state index is -3.97. The smallest absolute Gasteiger partial charge is 0.262 e. The Morgan fingerprint density at radius 3 is 2.62 bits per heavy atom. The zero-order valence-electron chi connectivity index (χ0n) is 11.6. The molecule has 0 heterocycles. The summed E-state index contributed by atoms with van der Waals surface area (Å²) >= 11 is 5.80. The van der Waals surface area contributed by atoms with Crippen LogP contribution in [0.2, 0.25) is 5.02 Å². The van der Waals surface area contributed by atoms with Gasteiger partial charge >= 0.3 is 0 Å². The van der Waals surface area contributed by atoms with Crippen molar-refractivity contribution in [2.45, 2.75) is 43.5 Å². The SMILES string of the molecule is CCC(CC1CC1)NC(=O)c1ccc(Cl)c(S(=O)(=O)Cl)c1. The molecule has 1 N–H and O–H groups in total. The Morgan fingerprint density at radius 2 is 2.10 bits per heavy atom. The van der Waals surface area contributed by atoms with Crippen molar-refractivity contribution in [1.82, 2.24) is 5.32 Å². The number of hydrogen-bond donors (Lipinski definition) is 1. The predicted molar refractivity (Wildman–Crippen MR) is 83.4 cm³/mol. The molecule has 1 atom stereocenters. The van der Waals surface area contributed by atoms with E-state index in [9.17, 15) is 13.2 Å². The van der Waals surface area contributed by atoms with E-state index < -0.39 is 9.05 Å². The van der Waals surface area contributed by atoms with Crippen molar-refractivity contribution in [3.63, 3.8) is 0 Å². The Labute approximate surface area is 134 Å². The van der Waals surface area contributed by atoms with E-state index in [1.165, 1.54) is 31.0 Å². The van der Waals surface area contributed by atoms with Crippen LogP contribution < -0.4 is 5.32 Å². The van der Waals surface area contributed by atoms with Gasteiger partial charge in [0.05, 0.1) is 5.02 Å². The van der Waals surface area contributed by atoms with E-state index in [4.69, 9.17) is 22.3 Å². The van der Waals surface area contributed by atoms with E-state index in [2.05, 4.69) is 5.32 Å². The molecule has 1 amide bonds. The lowest BCUT2D eigenvalue weighted by molar-refractivity contribution is 0.0932. The van der Waals surface area contributed by atoms with Crippen LogP contribution in [0.4, 0.5) is 0 Å². The minimum absolute atomic E-state index is 0.00609. The van der Waals surface area contributed by atoms with Crippen LogP contribution in [0.15, 0.2) is 23.1 Å². The maximum Gasteiger partial charge on any atom is 0.262 e. The van der Waals surface area contributed by atoms with Gasteiger partial charge in [-0.05, 0) is 37.0 Å². The summed E-state index contributed by atoms with van der Waals surface area (Å²) in [7, 11) is 1.33. The fourth-order valence-electron chi connectivity index (χ4n) is 2.18. The van der Waals surface area contributed by atoms with Gasteiger partial charge in [0.2, 0.25) is 0 Å². The second kappa shape index (κ2) is 6.55. The highest BCUT2D eigenvalue weighted by molar-refractivity contribution is 8.13. The summed E-state index contributed by atoms with van der Waals surface area (Å²) in [4.78, 5) is 12.0. The molecular formula is C14H17Cl2NO3S. The molecule has 21 heavy (non-hydrogen) atoms. The molecule has 1 aliphatic carbocycles. The fourth-order valence-corrected chi connectivity index (χ4v) is 3.68. The quantitative estimate of drug-likeness (QED) is 0.798. The first-order valence-corrected chi connectivity index (χ1v) is 9.55. The van der Waals surface area contributed by atoms with Gasteiger partial charge in [0, 0.05) is 22.3 Å². The van der Waals surface area contributed by atoms with Gasteiger partial charge in [0.15, 0.2) is 0 Å². The Bertz CT molecular complexity index is 642. The van der Waals surface area contributed by atoms with Crippen molar-refractivity contribution in [1.29, 1.82) is 0 Å². The molecule has 0 saturated heterocycles. The zero-order valence-corrected chi connectivity index (χ0v) is 13.9. The highest BCUT2D eigenvalue weighted by Crippen LogP contribution is 2.34. The van der Waals surface area contributed by atoms with Crippen molar-refractivity contribution in [3.05, 3.63) is 28.8 Å². The molecule has 0 radical (unpaired) electrons. The topological polar surface area (TPSA) is 63.2 Å². The predicted octanol–water partition coefficient (Wildman–Crippen LogP) is 3.58. The molecule has 0 aliphatic heterocycles. The van der Waals surface area contributed by atoms with E-state index in [0.29, 0.717) is 5.92 Å². The minimum Gasteiger partial charge on any atom is -0.349 e. The molecule has 7 heteroatoms. The summed E-state index contributed by atoms with van der Waals surface area (Å²) in [5, 5.41) is 2.94. The lowest BCUT2D eigenvalue weighted by atomic mass is 10.1. The summed E-state index contributed by atoms with van der Waals surface area (Å²) in [6.45, 7) is 2.02. The van der Waals surface area contributed by atoms with Crippen LogP contribution in [0.25, 0.3) is 0 Å². The van der Waals surface area contributed by atoms with Gasteiger partial charge in [-0.3, -0.25) is 4.79 Å². The highest BCUT2D eigenvalue weighted by atomic mass is 35.7. The second-order valence-electron chi connectivity index (χ2n) is 5.34. The van der Waals surface area contributed by atoms with Crippen molar-refractivity contribution in [2.24, 2.45) is 5.92 Å². The maximum atomic E-state index is 12.2. The molecule has 1 unspecified atom stereocenters. The summed E-state index contributed by atoms with van der Waals surface area (Å²) in [5.74, 6) is 0.403. The van der Waals surface area contributed by atoms with Gasteiger partial charge in [-0.1, -0.05) is 31.4 Å². The van der Waals surface area contributed by atoms with Crippen LogP contribution in [-0.4, -0.2) is 20.4 Å². The van der Waals surface area contributed by atoms with Crippen molar-refractivity contribution < 1.29 is 13.2 Å². The van der Waals surface area contributed by atoms with Crippen molar-refractivity contribution in [3.8, 4) is 0 Å². The largest absolute Gasteiger partial charge is 0.349 e.